The number of carbonyl (C=O) groups is 1. The Morgan fingerprint density at radius 3 is 2.35 bits per heavy atom. The molecule has 0 saturated carbocycles. The monoisotopic (exact) mass is 272 g/mol. The van der Waals surface area contributed by atoms with E-state index in [-0.39, 0.29) is 11.9 Å². The zero-order valence-electron chi connectivity index (χ0n) is 12.3. The number of fused-ring (bicyclic) bond motifs is 1. The molecule has 1 unspecified atom stereocenters. The van der Waals surface area contributed by atoms with Crippen LogP contribution in [0, 0.1) is 0 Å². The highest BCUT2D eigenvalue weighted by Gasteiger charge is 2.27. The molecule has 0 aromatic heterocycles. The van der Waals surface area contributed by atoms with Crippen molar-refractivity contribution in [2.75, 3.05) is 13.1 Å². The fourth-order valence-corrected chi connectivity index (χ4v) is 3.49. The van der Waals surface area contributed by atoms with Gasteiger partial charge in [0.05, 0.1) is 6.04 Å². The largest absolute Gasteiger partial charge is 0.341 e. The third-order valence-corrected chi connectivity index (χ3v) is 4.57. The highest BCUT2D eigenvalue weighted by Crippen LogP contribution is 2.22. The summed E-state index contributed by atoms with van der Waals surface area (Å²) >= 11 is 0. The first kappa shape index (κ1) is 13.6. The van der Waals surface area contributed by atoms with Crippen LogP contribution in [0.5, 0.6) is 0 Å². The maximum absolute atomic E-state index is 12.4. The fraction of sp³-hybridized carbons (Fsp3) is 0.588. The van der Waals surface area contributed by atoms with E-state index in [1.165, 1.54) is 17.5 Å². The number of benzene rings is 1. The van der Waals surface area contributed by atoms with E-state index in [0.717, 1.165) is 38.8 Å². The van der Waals surface area contributed by atoms with Crippen molar-refractivity contribution in [3.63, 3.8) is 0 Å². The van der Waals surface area contributed by atoms with Crippen molar-refractivity contribution in [1.29, 1.82) is 0 Å². The highest BCUT2D eigenvalue weighted by atomic mass is 16.2. The van der Waals surface area contributed by atoms with Gasteiger partial charge in [-0.1, -0.05) is 24.3 Å². The zero-order valence-corrected chi connectivity index (χ0v) is 12.3. The lowest BCUT2D eigenvalue weighted by molar-refractivity contribution is -0.134. The predicted octanol–water partition coefficient (Wildman–Crippen LogP) is 2.14. The Kier molecular flexibility index (Phi) is 4.06. The molecule has 1 amide bonds. The van der Waals surface area contributed by atoms with Crippen LogP contribution in [-0.2, 0) is 17.6 Å². The Balaban J connectivity index is 1.55. The average Bonchev–Trinajstić information content (AvgIpc) is 2.89. The van der Waals surface area contributed by atoms with Gasteiger partial charge in [0.2, 0.25) is 5.91 Å². The Morgan fingerprint density at radius 1 is 1.15 bits per heavy atom. The lowest BCUT2D eigenvalue weighted by atomic mass is 10.1. The van der Waals surface area contributed by atoms with E-state index < -0.39 is 0 Å². The Hall–Kier alpha value is -1.35. The van der Waals surface area contributed by atoms with Gasteiger partial charge in [0.25, 0.3) is 0 Å². The molecule has 1 heterocycles. The van der Waals surface area contributed by atoms with E-state index in [4.69, 9.17) is 0 Å². The molecule has 1 aromatic rings. The summed E-state index contributed by atoms with van der Waals surface area (Å²) in [5, 5.41) is 3.53. The van der Waals surface area contributed by atoms with Gasteiger partial charge in [-0.05, 0) is 50.2 Å². The summed E-state index contributed by atoms with van der Waals surface area (Å²) in [5.41, 5.74) is 2.87. The number of rotatable bonds is 3. The number of hydrogen-bond acceptors (Lipinski definition) is 2. The summed E-state index contributed by atoms with van der Waals surface area (Å²) < 4.78 is 0. The van der Waals surface area contributed by atoms with E-state index in [9.17, 15) is 4.79 Å². The third-order valence-electron chi connectivity index (χ3n) is 4.57. The average molecular weight is 272 g/mol. The number of amides is 1. The number of carbonyl (C=O) groups excluding carboxylic acids is 1. The van der Waals surface area contributed by atoms with Crippen molar-refractivity contribution in [2.24, 2.45) is 0 Å². The van der Waals surface area contributed by atoms with Crippen LogP contribution in [0.2, 0.25) is 0 Å². The highest BCUT2D eigenvalue weighted by molar-refractivity contribution is 5.81. The van der Waals surface area contributed by atoms with Crippen molar-refractivity contribution in [3.8, 4) is 0 Å². The van der Waals surface area contributed by atoms with E-state index in [1.807, 2.05) is 11.8 Å². The minimum absolute atomic E-state index is 0.0626. The van der Waals surface area contributed by atoms with Crippen molar-refractivity contribution in [3.05, 3.63) is 35.4 Å². The molecular formula is C17H24N2O. The lowest BCUT2D eigenvalue weighted by Crippen LogP contribution is -2.49. The summed E-state index contributed by atoms with van der Waals surface area (Å²) in [6, 6.07) is 8.96. The topological polar surface area (TPSA) is 32.3 Å². The third kappa shape index (κ3) is 2.88. The molecule has 0 radical (unpaired) electrons. The van der Waals surface area contributed by atoms with Crippen LogP contribution in [-0.4, -0.2) is 36.0 Å². The molecule has 3 nitrogen and oxygen atoms in total. The molecule has 3 heteroatoms. The van der Waals surface area contributed by atoms with Gasteiger partial charge in [-0.15, -0.1) is 0 Å². The van der Waals surface area contributed by atoms with Crippen LogP contribution < -0.4 is 5.32 Å². The quantitative estimate of drug-likeness (QED) is 0.914. The maximum atomic E-state index is 12.4. The first-order valence-corrected chi connectivity index (χ1v) is 7.85. The summed E-state index contributed by atoms with van der Waals surface area (Å²) in [6.45, 7) is 3.89. The second-order valence-corrected chi connectivity index (χ2v) is 6.15. The standard InChI is InChI=1S/C17H24N2O/c1-13(17(20)19-9-5-2-6-10-19)18-16-11-14-7-3-4-8-15(14)12-16/h3-4,7-8,13,16,18H,2,5-6,9-12H2,1H3. The number of likely N-dealkylation sites (tertiary alicyclic amines) is 1. The molecule has 1 saturated heterocycles. The number of nitrogens with one attached hydrogen (secondary N) is 1. The van der Waals surface area contributed by atoms with Gasteiger partial charge in [0.1, 0.15) is 0 Å². The molecule has 108 valence electrons. The second kappa shape index (κ2) is 5.96. The van der Waals surface area contributed by atoms with Gasteiger partial charge >= 0.3 is 0 Å². The Bertz CT molecular complexity index is 455. The van der Waals surface area contributed by atoms with Gasteiger partial charge in [0, 0.05) is 19.1 Å². The van der Waals surface area contributed by atoms with Gasteiger partial charge < -0.3 is 10.2 Å². The van der Waals surface area contributed by atoms with Crippen LogP contribution in [0.25, 0.3) is 0 Å². The molecule has 0 bridgehead atoms. The molecule has 20 heavy (non-hydrogen) atoms. The molecule has 1 fully saturated rings. The van der Waals surface area contributed by atoms with Gasteiger partial charge in [0.15, 0.2) is 0 Å². The SMILES string of the molecule is CC(NC1Cc2ccccc2C1)C(=O)N1CCCCC1. The van der Waals surface area contributed by atoms with E-state index >= 15 is 0 Å². The summed E-state index contributed by atoms with van der Waals surface area (Å²) in [4.78, 5) is 14.5. The van der Waals surface area contributed by atoms with Crippen LogP contribution >= 0.6 is 0 Å². The number of nitrogens with zero attached hydrogens (tertiary/aromatic N) is 1. The van der Waals surface area contributed by atoms with Gasteiger partial charge in [-0.2, -0.15) is 0 Å². The number of hydrogen-bond donors (Lipinski definition) is 1. The lowest BCUT2D eigenvalue weighted by Gasteiger charge is -2.30. The maximum Gasteiger partial charge on any atom is 0.239 e. The fourth-order valence-electron chi connectivity index (χ4n) is 3.49. The predicted molar refractivity (Wildman–Crippen MR) is 80.7 cm³/mol. The van der Waals surface area contributed by atoms with Crippen molar-refractivity contribution in [2.45, 2.75) is 51.1 Å². The van der Waals surface area contributed by atoms with E-state index in [1.54, 1.807) is 0 Å². The summed E-state index contributed by atoms with van der Waals surface area (Å²) in [5.74, 6) is 0.278. The minimum atomic E-state index is -0.0626. The Morgan fingerprint density at radius 2 is 1.75 bits per heavy atom. The molecule has 1 aromatic carbocycles. The summed E-state index contributed by atoms with van der Waals surface area (Å²) in [6.07, 6.45) is 5.69. The molecule has 1 N–H and O–H groups in total. The van der Waals surface area contributed by atoms with Crippen molar-refractivity contribution >= 4 is 5.91 Å². The van der Waals surface area contributed by atoms with E-state index in [2.05, 4.69) is 29.6 Å². The second-order valence-electron chi connectivity index (χ2n) is 6.15. The molecule has 1 atom stereocenters. The van der Waals surface area contributed by atoms with Gasteiger partial charge in [-0.25, -0.2) is 0 Å². The van der Waals surface area contributed by atoms with Crippen LogP contribution in [0.15, 0.2) is 24.3 Å². The summed E-state index contributed by atoms with van der Waals surface area (Å²) in [7, 11) is 0. The zero-order chi connectivity index (χ0) is 13.9. The van der Waals surface area contributed by atoms with E-state index in [0.29, 0.717) is 6.04 Å². The van der Waals surface area contributed by atoms with Crippen LogP contribution in [0.4, 0.5) is 0 Å². The first-order chi connectivity index (χ1) is 9.74. The van der Waals surface area contributed by atoms with Crippen LogP contribution in [0.3, 0.4) is 0 Å². The molecule has 1 aliphatic heterocycles. The molecule has 3 rings (SSSR count). The minimum Gasteiger partial charge on any atom is -0.341 e. The van der Waals surface area contributed by atoms with Crippen molar-refractivity contribution in [1.82, 2.24) is 10.2 Å². The Labute approximate surface area is 121 Å². The normalized spacial score (nSPS) is 20.8. The first-order valence-electron chi connectivity index (χ1n) is 7.85. The molecular weight excluding hydrogens is 248 g/mol. The van der Waals surface area contributed by atoms with Crippen molar-refractivity contribution < 1.29 is 4.79 Å². The molecule has 2 aliphatic rings. The van der Waals surface area contributed by atoms with Gasteiger partial charge in [-0.3, -0.25) is 4.79 Å². The van der Waals surface area contributed by atoms with Crippen LogP contribution in [0.1, 0.15) is 37.3 Å². The smallest absolute Gasteiger partial charge is 0.239 e. The molecule has 0 spiro atoms. The molecule has 1 aliphatic carbocycles. The number of piperidine rings is 1.